The lowest BCUT2D eigenvalue weighted by atomic mass is 10.3. The van der Waals surface area contributed by atoms with Crippen LogP contribution < -0.4 is 0 Å². The molecule has 2 N–H and O–H groups in total. The number of H-pyrrole nitrogens is 1. The zero-order chi connectivity index (χ0) is 8.55. The fraction of sp³-hybridized carbons (Fsp3) is 0.125. The summed E-state index contributed by atoms with van der Waals surface area (Å²) in [5.74, 6) is 0.274. The molecule has 0 saturated carbocycles. The zero-order valence-corrected chi connectivity index (χ0v) is 7.35. The van der Waals surface area contributed by atoms with E-state index in [1.165, 1.54) is 0 Å². The summed E-state index contributed by atoms with van der Waals surface area (Å²) in [6.07, 6.45) is 3.59. The molecule has 2 aromatic rings. The van der Waals surface area contributed by atoms with Crippen molar-refractivity contribution < 1.29 is 5.11 Å². The van der Waals surface area contributed by atoms with Crippen molar-refractivity contribution in [2.24, 2.45) is 0 Å². The van der Waals surface area contributed by atoms with E-state index in [0.717, 1.165) is 15.9 Å². The third-order valence-corrected chi connectivity index (χ3v) is 2.44. The summed E-state index contributed by atoms with van der Waals surface area (Å²) in [4.78, 5) is 8.09. The van der Waals surface area contributed by atoms with Crippen LogP contribution in [0.5, 0.6) is 5.75 Å². The van der Waals surface area contributed by atoms with Crippen LogP contribution in [0.4, 0.5) is 0 Å². The SMILES string of the molecule is CSc1cc(O)cc2[nH]cnc12. The van der Waals surface area contributed by atoms with Gasteiger partial charge in [-0.05, 0) is 12.3 Å². The molecule has 4 heteroatoms. The number of phenols is 1. The van der Waals surface area contributed by atoms with Crippen LogP contribution in [0, 0.1) is 0 Å². The van der Waals surface area contributed by atoms with Gasteiger partial charge in [0.25, 0.3) is 0 Å². The number of aromatic amines is 1. The van der Waals surface area contributed by atoms with Gasteiger partial charge >= 0.3 is 0 Å². The summed E-state index contributed by atoms with van der Waals surface area (Å²) in [6, 6.07) is 3.38. The highest BCUT2D eigenvalue weighted by atomic mass is 32.2. The average Bonchev–Trinajstić information content (AvgIpc) is 2.50. The highest BCUT2D eigenvalue weighted by molar-refractivity contribution is 7.98. The predicted octanol–water partition coefficient (Wildman–Crippen LogP) is 1.99. The van der Waals surface area contributed by atoms with E-state index in [9.17, 15) is 5.11 Å². The molecule has 0 atom stereocenters. The maximum Gasteiger partial charge on any atom is 0.118 e. The molecule has 1 aromatic heterocycles. The van der Waals surface area contributed by atoms with Crippen molar-refractivity contribution in [1.29, 1.82) is 0 Å². The number of aromatic nitrogens is 2. The third kappa shape index (κ3) is 1.04. The van der Waals surface area contributed by atoms with Gasteiger partial charge in [0.05, 0.1) is 11.8 Å². The van der Waals surface area contributed by atoms with Crippen LogP contribution in [0.15, 0.2) is 23.4 Å². The fourth-order valence-electron chi connectivity index (χ4n) is 1.16. The molecule has 0 unspecified atom stereocenters. The Kier molecular flexibility index (Phi) is 1.69. The summed E-state index contributed by atoms with van der Waals surface area (Å²) >= 11 is 1.57. The second-order valence-corrected chi connectivity index (χ2v) is 3.29. The van der Waals surface area contributed by atoms with Gasteiger partial charge in [0.2, 0.25) is 0 Å². The number of benzene rings is 1. The molecule has 0 saturated heterocycles. The molecule has 0 amide bonds. The number of hydrogen-bond acceptors (Lipinski definition) is 3. The lowest BCUT2D eigenvalue weighted by molar-refractivity contribution is 0.474. The Hall–Kier alpha value is -1.16. The molecule has 0 radical (unpaired) electrons. The van der Waals surface area contributed by atoms with Crippen molar-refractivity contribution in [2.45, 2.75) is 4.90 Å². The average molecular weight is 180 g/mol. The topological polar surface area (TPSA) is 48.9 Å². The molecule has 62 valence electrons. The smallest absolute Gasteiger partial charge is 0.118 e. The van der Waals surface area contributed by atoms with Gasteiger partial charge < -0.3 is 10.1 Å². The largest absolute Gasteiger partial charge is 0.508 e. The molecule has 12 heavy (non-hydrogen) atoms. The van der Waals surface area contributed by atoms with Crippen molar-refractivity contribution in [1.82, 2.24) is 9.97 Å². The molecule has 0 aliphatic rings. The molecule has 0 aliphatic carbocycles. The first-order valence-corrected chi connectivity index (χ1v) is 4.74. The number of fused-ring (bicyclic) bond motifs is 1. The van der Waals surface area contributed by atoms with Gasteiger partial charge in [0.15, 0.2) is 0 Å². The molecule has 0 aliphatic heterocycles. The zero-order valence-electron chi connectivity index (χ0n) is 6.53. The van der Waals surface area contributed by atoms with Crippen molar-refractivity contribution in [3.05, 3.63) is 18.5 Å². The quantitative estimate of drug-likeness (QED) is 0.660. The van der Waals surface area contributed by atoms with Gasteiger partial charge in [0, 0.05) is 11.0 Å². The molecule has 1 heterocycles. The monoisotopic (exact) mass is 180 g/mol. The van der Waals surface area contributed by atoms with Crippen LogP contribution in [0.25, 0.3) is 11.0 Å². The number of nitrogens with one attached hydrogen (secondary N) is 1. The maximum absolute atomic E-state index is 9.30. The minimum absolute atomic E-state index is 0.274. The highest BCUT2D eigenvalue weighted by Gasteiger charge is 2.03. The standard InChI is InChI=1S/C8H8N2OS/c1-12-7-3-5(11)2-6-8(7)10-4-9-6/h2-4,11H,1H3,(H,9,10). The number of nitrogens with zero attached hydrogens (tertiary/aromatic N) is 1. The summed E-state index contributed by atoms with van der Waals surface area (Å²) in [5, 5.41) is 9.30. The van der Waals surface area contributed by atoms with Gasteiger partial charge in [-0.1, -0.05) is 0 Å². The number of rotatable bonds is 1. The van der Waals surface area contributed by atoms with Gasteiger partial charge in [0.1, 0.15) is 11.3 Å². The van der Waals surface area contributed by atoms with E-state index in [-0.39, 0.29) is 5.75 Å². The number of aromatic hydroxyl groups is 1. The molecule has 0 bridgehead atoms. The van der Waals surface area contributed by atoms with Gasteiger partial charge in [-0.25, -0.2) is 4.98 Å². The Bertz CT molecular complexity index is 410. The van der Waals surface area contributed by atoms with Crippen LogP contribution in [0.3, 0.4) is 0 Å². The molecular weight excluding hydrogens is 172 g/mol. The van der Waals surface area contributed by atoms with E-state index in [2.05, 4.69) is 9.97 Å². The normalized spacial score (nSPS) is 10.8. The summed E-state index contributed by atoms with van der Waals surface area (Å²) in [7, 11) is 0. The van der Waals surface area contributed by atoms with E-state index < -0.39 is 0 Å². The van der Waals surface area contributed by atoms with E-state index >= 15 is 0 Å². The Balaban J connectivity index is 2.80. The summed E-state index contributed by atoms with van der Waals surface area (Å²) < 4.78 is 0. The van der Waals surface area contributed by atoms with Crippen LogP contribution in [-0.4, -0.2) is 21.3 Å². The lowest BCUT2D eigenvalue weighted by Crippen LogP contribution is -1.75. The molecule has 3 nitrogen and oxygen atoms in total. The van der Waals surface area contributed by atoms with Crippen molar-refractivity contribution in [2.75, 3.05) is 6.26 Å². The molecule has 0 fully saturated rings. The summed E-state index contributed by atoms with van der Waals surface area (Å²) in [5.41, 5.74) is 1.79. The first-order valence-electron chi connectivity index (χ1n) is 3.51. The van der Waals surface area contributed by atoms with Crippen molar-refractivity contribution in [3.63, 3.8) is 0 Å². The van der Waals surface area contributed by atoms with Gasteiger partial charge in [-0.3, -0.25) is 0 Å². The minimum atomic E-state index is 0.274. The molecular formula is C8H8N2OS. The molecule has 0 spiro atoms. The van der Waals surface area contributed by atoms with Crippen LogP contribution in [0.2, 0.25) is 0 Å². The Labute approximate surface area is 73.8 Å². The molecule has 1 aromatic carbocycles. The minimum Gasteiger partial charge on any atom is -0.508 e. The van der Waals surface area contributed by atoms with E-state index in [1.54, 1.807) is 30.2 Å². The van der Waals surface area contributed by atoms with Crippen LogP contribution >= 0.6 is 11.8 Å². The predicted molar refractivity (Wildman–Crippen MR) is 49.5 cm³/mol. The second kappa shape index (κ2) is 2.71. The number of imidazole rings is 1. The molecule has 2 rings (SSSR count). The maximum atomic E-state index is 9.30. The first-order chi connectivity index (χ1) is 5.81. The van der Waals surface area contributed by atoms with Gasteiger partial charge in [-0.2, -0.15) is 0 Å². The Morgan fingerprint density at radius 1 is 1.50 bits per heavy atom. The Morgan fingerprint density at radius 3 is 3.08 bits per heavy atom. The van der Waals surface area contributed by atoms with E-state index in [4.69, 9.17) is 0 Å². The fourth-order valence-corrected chi connectivity index (χ4v) is 1.75. The number of phenolic OH excluding ortho intramolecular Hbond substituents is 1. The van der Waals surface area contributed by atoms with Gasteiger partial charge in [-0.15, -0.1) is 11.8 Å². The first kappa shape index (κ1) is 7.49. The van der Waals surface area contributed by atoms with Crippen molar-refractivity contribution in [3.8, 4) is 5.75 Å². The number of thioether (sulfide) groups is 1. The van der Waals surface area contributed by atoms with Crippen molar-refractivity contribution >= 4 is 22.8 Å². The van der Waals surface area contributed by atoms with Crippen LogP contribution in [-0.2, 0) is 0 Å². The summed E-state index contributed by atoms with van der Waals surface area (Å²) in [6.45, 7) is 0. The second-order valence-electron chi connectivity index (χ2n) is 2.45. The highest BCUT2D eigenvalue weighted by Crippen LogP contribution is 2.28. The van der Waals surface area contributed by atoms with E-state index in [0.29, 0.717) is 0 Å². The lowest BCUT2D eigenvalue weighted by Gasteiger charge is -1.98. The number of hydrogen-bond donors (Lipinski definition) is 2. The van der Waals surface area contributed by atoms with E-state index in [1.807, 2.05) is 6.26 Å². The third-order valence-electron chi connectivity index (χ3n) is 1.69. The van der Waals surface area contributed by atoms with Crippen LogP contribution in [0.1, 0.15) is 0 Å². The Morgan fingerprint density at radius 2 is 2.33 bits per heavy atom.